The molecule has 0 unspecified atom stereocenters. The van der Waals surface area contributed by atoms with Gasteiger partial charge in [-0.1, -0.05) is 13.0 Å². The quantitative estimate of drug-likeness (QED) is 0.870. The fourth-order valence-electron chi connectivity index (χ4n) is 2.09. The van der Waals surface area contributed by atoms with Gasteiger partial charge in [0.05, 0.1) is 5.52 Å². The molecule has 0 aliphatic rings. The molecule has 1 heterocycles. The molecule has 2 aromatic rings. The Bertz CT molecular complexity index is 518. The standard InChI is InChI=1S/C15H20N2/c1-4-12-5-6-15-13(10-12)9-11(2)14(17-15)7-8-16-3/h5-6,9-10,16H,4,7-8H2,1-3H3. The molecule has 0 atom stereocenters. The first-order chi connectivity index (χ1) is 8.24. The predicted octanol–water partition coefficient (Wildman–Crippen LogP) is 2.87. The van der Waals surface area contributed by atoms with Gasteiger partial charge in [-0.2, -0.15) is 0 Å². The summed E-state index contributed by atoms with van der Waals surface area (Å²) in [7, 11) is 1.98. The third-order valence-electron chi connectivity index (χ3n) is 3.19. The van der Waals surface area contributed by atoms with Gasteiger partial charge in [-0.25, -0.2) is 0 Å². The number of benzene rings is 1. The lowest BCUT2D eigenvalue weighted by Crippen LogP contribution is -2.12. The Hall–Kier alpha value is -1.41. The van der Waals surface area contributed by atoms with E-state index in [1.165, 1.54) is 22.2 Å². The van der Waals surface area contributed by atoms with E-state index in [4.69, 9.17) is 4.98 Å². The van der Waals surface area contributed by atoms with Crippen LogP contribution in [0.5, 0.6) is 0 Å². The monoisotopic (exact) mass is 228 g/mol. The second kappa shape index (κ2) is 5.28. The van der Waals surface area contributed by atoms with Crippen LogP contribution in [0.4, 0.5) is 0 Å². The third-order valence-corrected chi connectivity index (χ3v) is 3.19. The van der Waals surface area contributed by atoms with Gasteiger partial charge in [0, 0.05) is 24.0 Å². The fourth-order valence-corrected chi connectivity index (χ4v) is 2.09. The number of nitrogens with one attached hydrogen (secondary N) is 1. The molecule has 2 rings (SSSR count). The molecule has 1 aromatic carbocycles. The molecule has 0 saturated heterocycles. The lowest BCUT2D eigenvalue weighted by molar-refractivity contribution is 0.775. The van der Waals surface area contributed by atoms with Crippen molar-refractivity contribution in [3.05, 3.63) is 41.1 Å². The van der Waals surface area contributed by atoms with Crippen molar-refractivity contribution in [2.45, 2.75) is 26.7 Å². The van der Waals surface area contributed by atoms with E-state index in [9.17, 15) is 0 Å². The zero-order valence-electron chi connectivity index (χ0n) is 10.9. The van der Waals surface area contributed by atoms with E-state index in [1.807, 2.05) is 7.05 Å². The van der Waals surface area contributed by atoms with Gasteiger partial charge in [0.2, 0.25) is 0 Å². The summed E-state index contributed by atoms with van der Waals surface area (Å²) < 4.78 is 0. The zero-order chi connectivity index (χ0) is 12.3. The Balaban J connectivity index is 2.43. The number of hydrogen-bond acceptors (Lipinski definition) is 2. The van der Waals surface area contributed by atoms with Crippen LogP contribution in [-0.4, -0.2) is 18.6 Å². The van der Waals surface area contributed by atoms with E-state index in [2.05, 4.69) is 43.4 Å². The van der Waals surface area contributed by atoms with Crippen molar-refractivity contribution >= 4 is 10.9 Å². The summed E-state index contributed by atoms with van der Waals surface area (Å²) >= 11 is 0. The minimum Gasteiger partial charge on any atom is -0.319 e. The lowest BCUT2D eigenvalue weighted by atomic mass is 10.1. The number of likely N-dealkylation sites (N-methyl/N-ethyl adjacent to an activating group) is 1. The van der Waals surface area contributed by atoms with E-state index in [0.717, 1.165) is 24.9 Å². The minimum absolute atomic E-state index is 0.979. The van der Waals surface area contributed by atoms with Crippen LogP contribution in [0.25, 0.3) is 10.9 Å². The van der Waals surface area contributed by atoms with Crippen LogP contribution >= 0.6 is 0 Å². The first-order valence-corrected chi connectivity index (χ1v) is 6.28. The van der Waals surface area contributed by atoms with Gasteiger partial charge in [0.15, 0.2) is 0 Å². The number of aryl methyl sites for hydroxylation is 2. The van der Waals surface area contributed by atoms with Crippen LogP contribution in [0, 0.1) is 6.92 Å². The Kier molecular flexibility index (Phi) is 3.75. The maximum absolute atomic E-state index is 4.75. The van der Waals surface area contributed by atoms with Crippen molar-refractivity contribution in [3.8, 4) is 0 Å². The SMILES string of the molecule is CCc1ccc2nc(CCNC)c(C)cc2c1. The van der Waals surface area contributed by atoms with Gasteiger partial charge in [-0.3, -0.25) is 4.98 Å². The highest BCUT2D eigenvalue weighted by Gasteiger charge is 2.03. The molecule has 17 heavy (non-hydrogen) atoms. The van der Waals surface area contributed by atoms with Crippen molar-refractivity contribution in [3.63, 3.8) is 0 Å². The summed E-state index contributed by atoms with van der Waals surface area (Å²) in [6, 6.07) is 8.81. The Morgan fingerprint density at radius 3 is 2.76 bits per heavy atom. The molecule has 2 nitrogen and oxygen atoms in total. The first kappa shape index (κ1) is 12.1. The molecule has 0 aliphatic heterocycles. The van der Waals surface area contributed by atoms with Crippen LogP contribution in [0.15, 0.2) is 24.3 Å². The van der Waals surface area contributed by atoms with E-state index in [-0.39, 0.29) is 0 Å². The van der Waals surface area contributed by atoms with Crippen LogP contribution in [0.1, 0.15) is 23.7 Å². The highest BCUT2D eigenvalue weighted by atomic mass is 14.8. The molecule has 0 amide bonds. The molecule has 0 fully saturated rings. The van der Waals surface area contributed by atoms with Crippen molar-refractivity contribution in [2.24, 2.45) is 0 Å². The summed E-state index contributed by atoms with van der Waals surface area (Å²) in [5.41, 5.74) is 4.98. The maximum Gasteiger partial charge on any atom is 0.0705 e. The fraction of sp³-hybridized carbons (Fsp3) is 0.400. The molecule has 0 saturated carbocycles. The predicted molar refractivity (Wildman–Crippen MR) is 73.5 cm³/mol. The van der Waals surface area contributed by atoms with Gasteiger partial charge < -0.3 is 5.32 Å². The molecular formula is C15H20N2. The molecule has 1 aromatic heterocycles. The van der Waals surface area contributed by atoms with Crippen molar-refractivity contribution in [2.75, 3.05) is 13.6 Å². The number of hydrogen-bond donors (Lipinski definition) is 1. The van der Waals surface area contributed by atoms with E-state index < -0.39 is 0 Å². The second-order valence-electron chi connectivity index (χ2n) is 4.49. The van der Waals surface area contributed by atoms with E-state index in [1.54, 1.807) is 0 Å². The highest BCUT2D eigenvalue weighted by molar-refractivity contribution is 5.80. The molecule has 0 aliphatic carbocycles. The summed E-state index contributed by atoms with van der Waals surface area (Å²) in [5, 5.41) is 4.43. The average molecular weight is 228 g/mol. The number of aromatic nitrogens is 1. The van der Waals surface area contributed by atoms with Gasteiger partial charge in [0.25, 0.3) is 0 Å². The minimum atomic E-state index is 0.979. The number of pyridine rings is 1. The van der Waals surface area contributed by atoms with Crippen LogP contribution in [0.2, 0.25) is 0 Å². The maximum atomic E-state index is 4.75. The van der Waals surface area contributed by atoms with Crippen LogP contribution in [0.3, 0.4) is 0 Å². The van der Waals surface area contributed by atoms with E-state index >= 15 is 0 Å². The number of rotatable bonds is 4. The smallest absolute Gasteiger partial charge is 0.0705 e. The van der Waals surface area contributed by atoms with Crippen molar-refractivity contribution in [1.82, 2.24) is 10.3 Å². The van der Waals surface area contributed by atoms with Gasteiger partial charge in [-0.15, -0.1) is 0 Å². The van der Waals surface area contributed by atoms with Crippen molar-refractivity contribution < 1.29 is 0 Å². The van der Waals surface area contributed by atoms with Crippen LogP contribution < -0.4 is 5.32 Å². The van der Waals surface area contributed by atoms with E-state index in [0.29, 0.717) is 0 Å². The zero-order valence-corrected chi connectivity index (χ0v) is 10.9. The van der Waals surface area contributed by atoms with Crippen molar-refractivity contribution in [1.29, 1.82) is 0 Å². The topological polar surface area (TPSA) is 24.9 Å². The summed E-state index contributed by atoms with van der Waals surface area (Å²) in [6.45, 7) is 5.31. The molecular weight excluding hydrogens is 208 g/mol. The summed E-state index contributed by atoms with van der Waals surface area (Å²) in [4.78, 5) is 4.75. The number of nitrogens with zero attached hydrogens (tertiary/aromatic N) is 1. The largest absolute Gasteiger partial charge is 0.319 e. The normalized spacial score (nSPS) is 11.0. The van der Waals surface area contributed by atoms with Gasteiger partial charge in [-0.05, 0) is 49.7 Å². The Morgan fingerprint density at radius 1 is 1.24 bits per heavy atom. The molecule has 0 spiro atoms. The third kappa shape index (κ3) is 2.64. The molecule has 90 valence electrons. The summed E-state index contributed by atoms with van der Waals surface area (Å²) in [6.07, 6.45) is 2.07. The van der Waals surface area contributed by atoms with Gasteiger partial charge in [0.1, 0.15) is 0 Å². The lowest BCUT2D eigenvalue weighted by Gasteiger charge is -2.08. The highest BCUT2D eigenvalue weighted by Crippen LogP contribution is 2.18. The van der Waals surface area contributed by atoms with Gasteiger partial charge >= 0.3 is 0 Å². The number of fused-ring (bicyclic) bond motifs is 1. The Morgan fingerprint density at radius 2 is 2.06 bits per heavy atom. The molecule has 2 heteroatoms. The Labute approximate surface area is 103 Å². The molecule has 0 radical (unpaired) electrons. The molecule has 1 N–H and O–H groups in total. The molecule has 0 bridgehead atoms. The van der Waals surface area contributed by atoms with Crippen LogP contribution in [-0.2, 0) is 12.8 Å². The average Bonchev–Trinajstić information content (AvgIpc) is 2.35. The summed E-state index contributed by atoms with van der Waals surface area (Å²) in [5.74, 6) is 0. The second-order valence-corrected chi connectivity index (χ2v) is 4.49. The first-order valence-electron chi connectivity index (χ1n) is 6.28.